The van der Waals surface area contributed by atoms with Crippen molar-refractivity contribution < 1.29 is 18.7 Å². The summed E-state index contributed by atoms with van der Waals surface area (Å²) >= 11 is 0. The fraction of sp³-hybridized carbons (Fsp3) is 0.348. The average molecular weight is 452 g/mol. The third-order valence-corrected chi connectivity index (χ3v) is 5.40. The molecule has 4 rings (SSSR count). The maximum atomic E-state index is 14.7. The number of amides is 1. The largest absolute Gasteiger partial charge is 0.494 e. The maximum absolute atomic E-state index is 14.7. The average Bonchev–Trinajstić information content (AvgIpc) is 3.51. The molecule has 0 bridgehead atoms. The van der Waals surface area contributed by atoms with Gasteiger partial charge in [0.25, 0.3) is 0 Å². The van der Waals surface area contributed by atoms with Gasteiger partial charge in [0.1, 0.15) is 17.3 Å². The molecule has 2 aromatic heterocycles. The van der Waals surface area contributed by atoms with Crippen LogP contribution in [0.15, 0.2) is 30.6 Å². The molecule has 1 aliphatic carbocycles. The van der Waals surface area contributed by atoms with Crippen LogP contribution < -0.4 is 15.4 Å². The zero-order valence-corrected chi connectivity index (χ0v) is 18.7. The van der Waals surface area contributed by atoms with Gasteiger partial charge in [-0.2, -0.15) is 15.0 Å². The number of methoxy groups -OCH3 is 1. The van der Waals surface area contributed by atoms with Crippen molar-refractivity contribution in [1.82, 2.24) is 20.0 Å². The second kappa shape index (κ2) is 9.35. The van der Waals surface area contributed by atoms with Gasteiger partial charge >= 0.3 is 0 Å². The number of hydrogen-bond donors (Lipinski definition) is 2. The van der Waals surface area contributed by atoms with E-state index in [1.807, 2.05) is 0 Å². The maximum Gasteiger partial charge on any atom is 0.225 e. The first-order valence-corrected chi connectivity index (χ1v) is 10.7. The SMILES string of the molecule is CCC(=O)c1cnc(NC(=O)CC2CC2)cc1Nc1ccc(F)c(-c2cnn(C)n2)c1OC. The molecule has 0 aliphatic heterocycles. The lowest BCUT2D eigenvalue weighted by atomic mass is 10.1. The number of carbonyl (C=O) groups is 2. The van der Waals surface area contributed by atoms with Crippen LogP contribution in [0.5, 0.6) is 5.75 Å². The van der Waals surface area contributed by atoms with E-state index in [-0.39, 0.29) is 29.4 Å². The number of nitrogens with one attached hydrogen (secondary N) is 2. The third kappa shape index (κ3) is 5.00. The molecular weight excluding hydrogens is 427 g/mol. The molecule has 0 spiro atoms. The van der Waals surface area contributed by atoms with Gasteiger partial charge in [-0.25, -0.2) is 9.37 Å². The zero-order valence-electron chi connectivity index (χ0n) is 18.7. The molecule has 1 aliphatic rings. The van der Waals surface area contributed by atoms with Crippen molar-refractivity contribution >= 4 is 28.9 Å². The minimum atomic E-state index is -0.523. The first kappa shape index (κ1) is 22.4. The second-order valence-corrected chi connectivity index (χ2v) is 7.93. The number of benzene rings is 1. The lowest BCUT2D eigenvalue weighted by molar-refractivity contribution is -0.116. The van der Waals surface area contributed by atoms with Gasteiger partial charge in [-0.1, -0.05) is 6.92 Å². The molecule has 0 radical (unpaired) electrons. The topological polar surface area (TPSA) is 111 Å². The molecule has 1 amide bonds. The summed E-state index contributed by atoms with van der Waals surface area (Å²) in [5, 5.41) is 14.1. The summed E-state index contributed by atoms with van der Waals surface area (Å²) in [6, 6.07) is 4.40. The predicted octanol–water partition coefficient (Wildman–Crippen LogP) is 4.10. The van der Waals surface area contributed by atoms with Crippen molar-refractivity contribution in [3.63, 3.8) is 0 Å². The molecule has 1 fully saturated rings. The van der Waals surface area contributed by atoms with Gasteiger partial charge in [0.2, 0.25) is 5.91 Å². The van der Waals surface area contributed by atoms with Gasteiger partial charge in [-0.15, -0.1) is 0 Å². The molecule has 9 nitrogen and oxygen atoms in total. The zero-order chi connectivity index (χ0) is 23.5. The minimum Gasteiger partial charge on any atom is -0.494 e. The van der Waals surface area contributed by atoms with Crippen molar-refractivity contribution in [2.24, 2.45) is 13.0 Å². The Kier molecular flexibility index (Phi) is 6.34. The molecule has 1 saturated carbocycles. The van der Waals surface area contributed by atoms with Crippen LogP contribution in [0.4, 0.5) is 21.6 Å². The Labute approximate surface area is 190 Å². The normalized spacial score (nSPS) is 13.0. The van der Waals surface area contributed by atoms with Gasteiger partial charge < -0.3 is 15.4 Å². The quantitative estimate of drug-likeness (QED) is 0.470. The molecule has 0 saturated heterocycles. The number of ether oxygens (including phenoxy) is 1. The van der Waals surface area contributed by atoms with Crippen LogP contribution in [0.2, 0.25) is 0 Å². The Hall–Kier alpha value is -3.82. The Balaban J connectivity index is 1.71. The van der Waals surface area contributed by atoms with Crippen molar-refractivity contribution in [2.75, 3.05) is 17.7 Å². The number of Topliss-reactive ketones (excluding diaryl/α,β-unsaturated/α-hetero) is 1. The number of anilines is 3. The summed E-state index contributed by atoms with van der Waals surface area (Å²) in [7, 11) is 3.06. The number of rotatable bonds is 9. The van der Waals surface area contributed by atoms with Crippen molar-refractivity contribution in [2.45, 2.75) is 32.6 Å². The number of carbonyl (C=O) groups excluding carboxylic acids is 2. The summed E-state index contributed by atoms with van der Waals surface area (Å²) in [4.78, 5) is 30.3. The molecule has 2 N–H and O–H groups in total. The Morgan fingerprint density at radius 1 is 1.24 bits per heavy atom. The third-order valence-electron chi connectivity index (χ3n) is 5.40. The van der Waals surface area contributed by atoms with Gasteiger partial charge in [-0.3, -0.25) is 9.59 Å². The molecule has 3 aromatic rings. The van der Waals surface area contributed by atoms with Gasteiger partial charge in [0.15, 0.2) is 11.5 Å². The highest BCUT2D eigenvalue weighted by Crippen LogP contribution is 2.40. The highest BCUT2D eigenvalue weighted by molar-refractivity contribution is 6.02. The van der Waals surface area contributed by atoms with Crippen LogP contribution in [0.1, 0.15) is 43.0 Å². The standard InChI is InChI=1S/C23H25FN6O3/c1-4-19(31)14-11-25-20(28-21(32)9-13-5-6-13)10-17(14)27-16-8-7-15(24)22(23(16)33-3)18-12-26-30(2)29-18/h7-8,10-13H,4-6,9H2,1-3H3,(H2,25,27,28,32). The molecule has 10 heteroatoms. The number of nitrogens with zero attached hydrogens (tertiary/aromatic N) is 4. The monoisotopic (exact) mass is 452 g/mol. The highest BCUT2D eigenvalue weighted by Gasteiger charge is 2.25. The van der Waals surface area contributed by atoms with Gasteiger partial charge in [0, 0.05) is 32.2 Å². The summed E-state index contributed by atoms with van der Waals surface area (Å²) < 4.78 is 20.2. The number of halogens is 1. The fourth-order valence-corrected chi connectivity index (χ4v) is 3.53. The van der Waals surface area contributed by atoms with E-state index in [0.717, 1.165) is 12.8 Å². The van der Waals surface area contributed by atoms with Crippen LogP contribution in [0.25, 0.3) is 11.3 Å². The molecule has 33 heavy (non-hydrogen) atoms. The van der Waals surface area contributed by atoms with Crippen molar-refractivity contribution in [1.29, 1.82) is 0 Å². The van der Waals surface area contributed by atoms with Crippen molar-refractivity contribution in [3.8, 4) is 17.0 Å². The second-order valence-electron chi connectivity index (χ2n) is 7.93. The fourth-order valence-electron chi connectivity index (χ4n) is 3.53. The minimum absolute atomic E-state index is 0.116. The smallest absolute Gasteiger partial charge is 0.225 e. The summed E-state index contributed by atoms with van der Waals surface area (Å²) in [6.07, 6.45) is 5.73. The van der Waals surface area contributed by atoms with E-state index in [0.29, 0.717) is 40.8 Å². The Bertz CT molecular complexity index is 1200. The van der Waals surface area contributed by atoms with E-state index < -0.39 is 5.82 Å². The van der Waals surface area contributed by atoms with E-state index in [2.05, 4.69) is 25.8 Å². The Morgan fingerprint density at radius 2 is 2.03 bits per heavy atom. The van der Waals surface area contributed by atoms with Crippen molar-refractivity contribution in [3.05, 3.63) is 42.0 Å². The van der Waals surface area contributed by atoms with Crippen LogP contribution in [0, 0.1) is 11.7 Å². The van der Waals surface area contributed by atoms with E-state index in [4.69, 9.17) is 4.74 Å². The first-order valence-electron chi connectivity index (χ1n) is 10.7. The summed E-state index contributed by atoms with van der Waals surface area (Å²) in [5.74, 6) is 0.204. The number of aromatic nitrogens is 4. The van der Waals surface area contributed by atoms with Crippen LogP contribution in [0.3, 0.4) is 0 Å². The number of pyridine rings is 1. The summed E-state index contributed by atoms with van der Waals surface area (Å²) in [6.45, 7) is 1.75. The van der Waals surface area contributed by atoms with E-state index >= 15 is 0 Å². The first-order chi connectivity index (χ1) is 15.9. The lowest BCUT2D eigenvalue weighted by Gasteiger charge is -2.17. The Morgan fingerprint density at radius 3 is 2.67 bits per heavy atom. The van der Waals surface area contributed by atoms with Crippen LogP contribution in [-0.4, -0.2) is 38.8 Å². The number of aryl methyl sites for hydroxylation is 1. The van der Waals surface area contributed by atoms with E-state index in [1.54, 1.807) is 20.0 Å². The molecular formula is C23H25FN6O3. The molecule has 1 aromatic carbocycles. The predicted molar refractivity (Wildman–Crippen MR) is 121 cm³/mol. The van der Waals surface area contributed by atoms with Crippen LogP contribution >= 0.6 is 0 Å². The van der Waals surface area contributed by atoms with Crippen LogP contribution in [-0.2, 0) is 11.8 Å². The summed E-state index contributed by atoms with van der Waals surface area (Å²) in [5.41, 5.74) is 1.65. The highest BCUT2D eigenvalue weighted by atomic mass is 19.1. The van der Waals surface area contributed by atoms with Gasteiger partial charge in [0.05, 0.1) is 35.8 Å². The molecule has 0 unspecified atom stereocenters. The lowest BCUT2D eigenvalue weighted by Crippen LogP contribution is -2.14. The number of ketones is 1. The van der Waals surface area contributed by atoms with E-state index in [1.165, 1.54) is 36.4 Å². The number of hydrogen-bond acceptors (Lipinski definition) is 7. The molecule has 2 heterocycles. The molecule has 0 atom stereocenters. The molecule has 172 valence electrons. The van der Waals surface area contributed by atoms with Gasteiger partial charge in [-0.05, 0) is 30.9 Å². The van der Waals surface area contributed by atoms with E-state index in [9.17, 15) is 14.0 Å².